The Morgan fingerprint density at radius 2 is 1.77 bits per heavy atom. The van der Waals surface area contributed by atoms with E-state index in [2.05, 4.69) is 16.9 Å². The second kappa shape index (κ2) is 8.15. The standard InChI is InChI=1S/C23H31N7O/c1-14-5-7-17(8-6-14)20-21-22(26-16(3)15(2)25-21)28-23(27-20)30-9-10-31-19(13-30)18-11-24-29(4)12-18/h11-12,14,17,19H,5-10,13H2,1-4H3/t14-,17+,19-/m1/s1. The van der Waals surface area contributed by atoms with Crippen molar-refractivity contribution in [2.45, 2.75) is 58.5 Å². The van der Waals surface area contributed by atoms with Gasteiger partial charge in [-0.15, -0.1) is 0 Å². The molecule has 0 N–H and O–H groups in total. The van der Waals surface area contributed by atoms with Crippen LogP contribution in [0, 0.1) is 19.8 Å². The highest BCUT2D eigenvalue weighted by molar-refractivity contribution is 5.75. The van der Waals surface area contributed by atoms with Crippen LogP contribution >= 0.6 is 0 Å². The van der Waals surface area contributed by atoms with E-state index in [9.17, 15) is 0 Å². The summed E-state index contributed by atoms with van der Waals surface area (Å²) in [5.41, 5.74) is 5.63. The molecule has 3 aromatic heterocycles. The molecular weight excluding hydrogens is 390 g/mol. The van der Waals surface area contributed by atoms with Gasteiger partial charge < -0.3 is 9.64 Å². The lowest BCUT2D eigenvalue weighted by molar-refractivity contribution is 0.0392. The van der Waals surface area contributed by atoms with Gasteiger partial charge in [0.15, 0.2) is 5.65 Å². The largest absolute Gasteiger partial charge is 0.370 e. The summed E-state index contributed by atoms with van der Waals surface area (Å²) < 4.78 is 7.84. The molecule has 0 radical (unpaired) electrons. The number of morpholine rings is 1. The van der Waals surface area contributed by atoms with Gasteiger partial charge in [0.05, 0.1) is 36.4 Å². The van der Waals surface area contributed by atoms with Gasteiger partial charge in [0.2, 0.25) is 5.95 Å². The fraction of sp³-hybridized carbons (Fsp3) is 0.609. The zero-order chi connectivity index (χ0) is 21.5. The summed E-state index contributed by atoms with van der Waals surface area (Å²) in [5.74, 6) is 1.96. The monoisotopic (exact) mass is 421 g/mol. The number of hydrogen-bond acceptors (Lipinski definition) is 7. The van der Waals surface area contributed by atoms with Crippen LogP contribution in [-0.2, 0) is 11.8 Å². The molecule has 1 saturated carbocycles. The van der Waals surface area contributed by atoms with Crippen LogP contribution < -0.4 is 4.90 Å². The first kappa shape index (κ1) is 20.3. The molecule has 1 atom stereocenters. The van der Waals surface area contributed by atoms with E-state index in [1.54, 1.807) is 0 Å². The number of anilines is 1. The fourth-order valence-corrected chi connectivity index (χ4v) is 4.72. The van der Waals surface area contributed by atoms with E-state index >= 15 is 0 Å². The van der Waals surface area contributed by atoms with Crippen molar-refractivity contribution in [2.75, 3.05) is 24.6 Å². The Labute approximate surface area is 183 Å². The maximum absolute atomic E-state index is 6.03. The van der Waals surface area contributed by atoms with Gasteiger partial charge >= 0.3 is 0 Å². The van der Waals surface area contributed by atoms with Gasteiger partial charge in [-0.2, -0.15) is 10.1 Å². The van der Waals surface area contributed by atoms with Crippen molar-refractivity contribution in [2.24, 2.45) is 13.0 Å². The second-order valence-corrected chi connectivity index (χ2v) is 9.19. The number of fused-ring (bicyclic) bond motifs is 1. The minimum atomic E-state index is -0.0356. The molecule has 0 amide bonds. The SMILES string of the molecule is Cc1nc2nc(N3CCO[C@@H](c4cnn(C)c4)C3)nc([C@H]3CC[C@@H](C)CC3)c2nc1C. The highest BCUT2D eigenvalue weighted by atomic mass is 16.5. The Kier molecular flexibility index (Phi) is 5.33. The molecule has 0 spiro atoms. The Morgan fingerprint density at radius 3 is 2.52 bits per heavy atom. The molecule has 1 aliphatic heterocycles. The van der Waals surface area contributed by atoms with E-state index in [1.165, 1.54) is 12.8 Å². The van der Waals surface area contributed by atoms with Crippen molar-refractivity contribution in [3.63, 3.8) is 0 Å². The van der Waals surface area contributed by atoms with Crippen molar-refractivity contribution < 1.29 is 4.74 Å². The minimum Gasteiger partial charge on any atom is -0.370 e. The molecule has 2 fully saturated rings. The number of hydrogen-bond donors (Lipinski definition) is 0. The molecular formula is C23H31N7O. The predicted molar refractivity (Wildman–Crippen MR) is 119 cm³/mol. The fourth-order valence-electron chi connectivity index (χ4n) is 4.72. The van der Waals surface area contributed by atoms with Crippen molar-refractivity contribution in [1.29, 1.82) is 0 Å². The van der Waals surface area contributed by atoms with Crippen molar-refractivity contribution in [3.05, 3.63) is 35.0 Å². The maximum atomic E-state index is 6.03. The molecule has 1 aliphatic carbocycles. The first-order chi connectivity index (χ1) is 15.0. The van der Waals surface area contributed by atoms with Crippen LogP contribution in [0.5, 0.6) is 0 Å². The summed E-state index contributed by atoms with van der Waals surface area (Å²) in [7, 11) is 1.93. The van der Waals surface area contributed by atoms with Crippen LogP contribution in [0.3, 0.4) is 0 Å². The van der Waals surface area contributed by atoms with Crippen LogP contribution in [0.25, 0.3) is 11.2 Å². The van der Waals surface area contributed by atoms with Crippen LogP contribution in [-0.4, -0.2) is 49.4 Å². The Hall–Kier alpha value is -2.61. The van der Waals surface area contributed by atoms with E-state index < -0.39 is 0 Å². The van der Waals surface area contributed by atoms with Crippen LogP contribution in [0.15, 0.2) is 12.4 Å². The first-order valence-corrected chi connectivity index (χ1v) is 11.4. The third-order valence-electron chi connectivity index (χ3n) is 6.81. The normalized spacial score (nSPS) is 24.6. The zero-order valence-electron chi connectivity index (χ0n) is 18.9. The highest BCUT2D eigenvalue weighted by Crippen LogP contribution is 2.37. The number of ether oxygens (including phenoxy) is 1. The van der Waals surface area contributed by atoms with Gasteiger partial charge in [0.1, 0.15) is 11.6 Å². The molecule has 5 rings (SSSR count). The minimum absolute atomic E-state index is 0.0356. The molecule has 4 heterocycles. The van der Waals surface area contributed by atoms with Gasteiger partial charge in [-0.25, -0.2) is 15.0 Å². The van der Waals surface area contributed by atoms with Crippen molar-refractivity contribution >= 4 is 17.1 Å². The van der Waals surface area contributed by atoms with E-state index in [1.807, 2.05) is 38.0 Å². The van der Waals surface area contributed by atoms with E-state index in [0.717, 1.165) is 59.4 Å². The lowest BCUT2D eigenvalue weighted by atomic mass is 9.81. The van der Waals surface area contributed by atoms with E-state index in [0.29, 0.717) is 24.7 Å². The molecule has 3 aromatic rings. The zero-order valence-corrected chi connectivity index (χ0v) is 18.9. The molecule has 8 nitrogen and oxygen atoms in total. The average molecular weight is 422 g/mol. The summed E-state index contributed by atoms with van der Waals surface area (Å²) in [6, 6.07) is 0. The molecule has 0 unspecified atom stereocenters. The molecule has 31 heavy (non-hydrogen) atoms. The molecule has 1 saturated heterocycles. The lowest BCUT2D eigenvalue weighted by Crippen LogP contribution is -2.39. The van der Waals surface area contributed by atoms with Gasteiger partial charge in [-0.05, 0) is 32.6 Å². The smallest absolute Gasteiger partial charge is 0.227 e. The second-order valence-electron chi connectivity index (χ2n) is 9.19. The Bertz CT molecular complexity index is 1090. The van der Waals surface area contributed by atoms with Gasteiger partial charge in [-0.1, -0.05) is 19.8 Å². The first-order valence-electron chi connectivity index (χ1n) is 11.4. The third-order valence-corrected chi connectivity index (χ3v) is 6.81. The summed E-state index contributed by atoms with van der Waals surface area (Å²) in [4.78, 5) is 21.9. The van der Waals surface area contributed by atoms with Gasteiger partial charge in [-0.3, -0.25) is 4.68 Å². The summed E-state index contributed by atoms with van der Waals surface area (Å²) in [6.45, 7) is 8.47. The maximum Gasteiger partial charge on any atom is 0.227 e. The van der Waals surface area contributed by atoms with Crippen molar-refractivity contribution in [3.8, 4) is 0 Å². The molecule has 8 heteroatoms. The molecule has 164 valence electrons. The van der Waals surface area contributed by atoms with E-state index in [-0.39, 0.29) is 6.10 Å². The molecule has 0 aromatic carbocycles. The topological polar surface area (TPSA) is 81.9 Å². The number of nitrogens with zero attached hydrogens (tertiary/aromatic N) is 7. The summed E-state index contributed by atoms with van der Waals surface area (Å²) in [6.07, 6.45) is 8.65. The highest BCUT2D eigenvalue weighted by Gasteiger charge is 2.29. The predicted octanol–water partition coefficient (Wildman–Crippen LogP) is 3.64. The van der Waals surface area contributed by atoms with Crippen molar-refractivity contribution in [1.82, 2.24) is 29.7 Å². The summed E-state index contributed by atoms with van der Waals surface area (Å²) >= 11 is 0. The third kappa shape index (κ3) is 4.01. The molecule has 2 aliphatic rings. The van der Waals surface area contributed by atoms with Crippen LogP contribution in [0.4, 0.5) is 5.95 Å². The quantitative estimate of drug-likeness (QED) is 0.638. The van der Waals surface area contributed by atoms with Crippen LogP contribution in [0.1, 0.15) is 67.3 Å². The van der Waals surface area contributed by atoms with Gasteiger partial charge in [0.25, 0.3) is 0 Å². The van der Waals surface area contributed by atoms with Crippen LogP contribution in [0.2, 0.25) is 0 Å². The van der Waals surface area contributed by atoms with E-state index in [4.69, 9.17) is 24.7 Å². The summed E-state index contributed by atoms with van der Waals surface area (Å²) in [5, 5.41) is 4.30. The lowest BCUT2D eigenvalue weighted by Gasteiger charge is -2.33. The molecule has 0 bridgehead atoms. The average Bonchev–Trinajstić information content (AvgIpc) is 3.21. The number of aromatic nitrogens is 6. The Morgan fingerprint density at radius 1 is 1.00 bits per heavy atom. The Balaban J connectivity index is 1.53. The number of rotatable bonds is 3. The van der Waals surface area contributed by atoms with Gasteiger partial charge in [0, 0.05) is 31.3 Å². The number of aryl methyl sites for hydroxylation is 3.